The number of rotatable bonds is 9. The molecule has 0 saturated carbocycles. The lowest BCUT2D eigenvalue weighted by Crippen LogP contribution is -2.45. The summed E-state index contributed by atoms with van der Waals surface area (Å²) in [7, 11) is 1.27. The van der Waals surface area contributed by atoms with E-state index in [0.717, 1.165) is 0 Å². The third kappa shape index (κ3) is 6.69. The summed E-state index contributed by atoms with van der Waals surface area (Å²) in [5.41, 5.74) is 0.501. The standard InChI is InChI=1S/C22H32N2O5/c1-13(2)12-18(22(28)29-7)23-20(26)17-10-8-16(9-11-17)19(25)21(27)24(14(3)4)15(5)6/h8-11,13-15,18H,12H2,1-7H3,(H,23,26)/t18-/m0/s1. The van der Waals surface area contributed by atoms with Crippen LogP contribution in [0.5, 0.6) is 0 Å². The summed E-state index contributed by atoms with van der Waals surface area (Å²) in [6.45, 7) is 11.3. The van der Waals surface area contributed by atoms with Crippen LogP contribution < -0.4 is 5.32 Å². The number of hydrogen-bond acceptors (Lipinski definition) is 5. The van der Waals surface area contributed by atoms with E-state index in [-0.39, 0.29) is 29.1 Å². The number of nitrogens with zero attached hydrogens (tertiary/aromatic N) is 1. The van der Waals surface area contributed by atoms with Gasteiger partial charge in [-0.05, 0) is 52.2 Å². The van der Waals surface area contributed by atoms with Crippen molar-refractivity contribution < 1.29 is 23.9 Å². The SMILES string of the molecule is COC(=O)[C@H](CC(C)C)NC(=O)c1ccc(C(=O)C(=O)N(C(C)C)C(C)C)cc1. The minimum absolute atomic E-state index is 0.104. The molecular weight excluding hydrogens is 372 g/mol. The first-order chi connectivity index (χ1) is 13.5. The Labute approximate surface area is 172 Å². The van der Waals surface area contributed by atoms with Crippen LogP contribution in [-0.2, 0) is 14.3 Å². The Hall–Kier alpha value is -2.70. The first kappa shape index (κ1) is 24.3. The first-order valence-electron chi connectivity index (χ1n) is 9.85. The maximum Gasteiger partial charge on any atom is 0.328 e. The van der Waals surface area contributed by atoms with Gasteiger partial charge in [-0.1, -0.05) is 26.0 Å². The first-order valence-corrected chi connectivity index (χ1v) is 9.85. The van der Waals surface area contributed by atoms with Crippen LogP contribution >= 0.6 is 0 Å². The van der Waals surface area contributed by atoms with E-state index in [2.05, 4.69) is 5.32 Å². The molecule has 0 heterocycles. The van der Waals surface area contributed by atoms with Gasteiger partial charge in [-0.25, -0.2) is 4.79 Å². The van der Waals surface area contributed by atoms with Crippen molar-refractivity contribution in [3.8, 4) is 0 Å². The van der Waals surface area contributed by atoms with E-state index in [1.54, 1.807) is 0 Å². The van der Waals surface area contributed by atoms with Crippen molar-refractivity contribution in [1.82, 2.24) is 10.2 Å². The fourth-order valence-electron chi connectivity index (χ4n) is 3.15. The van der Waals surface area contributed by atoms with Crippen molar-refractivity contribution in [3.63, 3.8) is 0 Å². The molecule has 1 atom stereocenters. The van der Waals surface area contributed by atoms with Gasteiger partial charge in [-0.2, -0.15) is 0 Å². The van der Waals surface area contributed by atoms with Crippen LogP contribution in [0.25, 0.3) is 0 Å². The summed E-state index contributed by atoms with van der Waals surface area (Å²) in [5, 5.41) is 2.66. The highest BCUT2D eigenvalue weighted by molar-refractivity contribution is 6.42. The van der Waals surface area contributed by atoms with Gasteiger partial charge in [-0.15, -0.1) is 0 Å². The average Bonchev–Trinajstić information content (AvgIpc) is 2.65. The Morgan fingerprint density at radius 2 is 1.38 bits per heavy atom. The average molecular weight is 405 g/mol. The van der Waals surface area contributed by atoms with Gasteiger partial charge in [0, 0.05) is 23.2 Å². The number of carbonyl (C=O) groups excluding carboxylic acids is 4. The van der Waals surface area contributed by atoms with Crippen LogP contribution in [0.4, 0.5) is 0 Å². The number of ketones is 1. The lowest BCUT2D eigenvalue weighted by molar-refractivity contribution is -0.143. The molecule has 1 aromatic carbocycles. The number of Topliss-reactive ketones (excluding diaryl/α,β-unsaturated/α-hetero) is 1. The lowest BCUT2D eigenvalue weighted by Gasteiger charge is -2.30. The van der Waals surface area contributed by atoms with Gasteiger partial charge in [0.05, 0.1) is 7.11 Å². The maximum atomic E-state index is 12.6. The molecule has 0 radical (unpaired) electrons. The normalized spacial score (nSPS) is 12.1. The highest BCUT2D eigenvalue weighted by Gasteiger charge is 2.28. The van der Waals surface area contributed by atoms with Crippen molar-refractivity contribution in [2.75, 3.05) is 7.11 Å². The third-order valence-corrected chi connectivity index (χ3v) is 4.45. The minimum atomic E-state index is -0.749. The summed E-state index contributed by atoms with van der Waals surface area (Å²) < 4.78 is 4.75. The monoisotopic (exact) mass is 404 g/mol. The molecule has 0 unspecified atom stereocenters. The van der Waals surface area contributed by atoms with Crippen LogP contribution in [0.1, 0.15) is 68.7 Å². The molecule has 0 aliphatic carbocycles. The molecule has 0 aliphatic heterocycles. The molecule has 2 amide bonds. The number of nitrogens with one attached hydrogen (secondary N) is 1. The highest BCUT2D eigenvalue weighted by atomic mass is 16.5. The Kier molecular flexibility index (Phi) is 9.01. The lowest BCUT2D eigenvalue weighted by atomic mass is 10.0. The summed E-state index contributed by atoms with van der Waals surface area (Å²) in [5.74, 6) is -1.96. The predicted molar refractivity (Wildman–Crippen MR) is 111 cm³/mol. The predicted octanol–water partition coefficient (Wildman–Crippen LogP) is 2.83. The van der Waals surface area contributed by atoms with Gasteiger partial charge in [0.1, 0.15) is 6.04 Å². The fraction of sp³-hybridized carbons (Fsp3) is 0.545. The fourth-order valence-corrected chi connectivity index (χ4v) is 3.15. The molecule has 0 fully saturated rings. The van der Waals surface area contributed by atoms with Crippen LogP contribution in [0.2, 0.25) is 0 Å². The van der Waals surface area contributed by atoms with Crippen LogP contribution in [0, 0.1) is 5.92 Å². The number of ether oxygens (including phenoxy) is 1. The van der Waals surface area contributed by atoms with E-state index in [1.807, 2.05) is 41.5 Å². The van der Waals surface area contributed by atoms with Crippen molar-refractivity contribution in [2.45, 2.75) is 66.1 Å². The van der Waals surface area contributed by atoms with Gasteiger partial charge in [0.15, 0.2) is 0 Å². The molecule has 1 rings (SSSR count). The van der Waals surface area contributed by atoms with E-state index in [9.17, 15) is 19.2 Å². The minimum Gasteiger partial charge on any atom is -0.467 e. The zero-order valence-corrected chi connectivity index (χ0v) is 18.3. The summed E-state index contributed by atoms with van der Waals surface area (Å²) in [6.07, 6.45) is 0.448. The quantitative estimate of drug-likeness (QED) is 0.388. The topological polar surface area (TPSA) is 92.8 Å². The summed E-state index contributed by atoms with van der Waals surface area (Å²) >= 11 is 0. The van der Waals surface area contributed by atoms with E-state index < -0.39 is 29.6 Å². The number of esters is 1. The van der Waals surface area contributed by atoms with Crippen LogP contribution in [0.3, 0.4) is 0 Å². The zero-order chi connectivity index (χ0) is 22.3. The van der Waals surface area contributed by atoms with Crippen molar-refractivity contribution >= 4 is 23.6 Å². The third-order valence-electron chi connectivity index (χ3n) is 4.45. The van der Waals surface area contributed by atoms with Crippen molar-refractivity contribution in [3.05, 3.63) is 35.4 Å². The highest BCUT2D eigenvalue weighted by Crippen LogP contribution is 2.13. The van der Waals surface area contributed by atoms with Gasteiger partial charge in [0.2, 0.25) is 5.78 Å². The van der Waals surface area contributed by atoms with Gasteiger partial charge < -0.3 is 15.0 Å². The molecule has 160 valence electrons. The number of hydrogen-bond donors (Lipinski definition) is 1. The smallest absolute Gasteiger partial charge is 0.328 e. The zero-order valence-electron chi connectivity index (χ0n) is 18.3. The summed E-state index contributed by atoms with van der Waals surface area (Å²) in [4.78, 5) is 51.0. The van der Waals surface area contributed by atoms with Crippen molar-refractivity contribution in [2.24, 2.45) is 5.92 Å². The molecule has 0 aliphatic rings. The Balaban J connectivity index is 2.94. The number of amides is 2. The number of benzene rings is 1. The van der Waals surface area contributed by atoms with E-state index >= 15 is 0 Å². The molecule has 1 N–H and O–H groups in total. The van der Waals surface area contributed by atoms with E-state index in [1.165, 1.54) is 36.3 Å². The maximum absolute atomic E-state index is 12.6. The number of carbonyl (C=O) groups is 4. The second kappa shape index (κ2) is 10.7. The number of methoxy groups -OCH3 is 1. The van der Waals surface area contributed by atoms with Gasteiger partial charge >= 0.3 is 5.97 Å². The van der Waals surface area contributed by atoms with Gasteiger partial charge in [-0.3, -0.25) is 14.4 Å². The molecule has 1 aromatic rings. The van der Waals surface area contributed by atoms with E-state index in [4.69, 9.17) is 4.74 Å². The van der Waals surface area contributed by atoms with Crippen LogP contribution in [-0.4, -0.2) is 53.7 Å². The Morgan fingerprint density at radius 1 is 0.897 bits per heavy atom. The molecule has 7 nitrogen and oxygen atoms in total. The largest absolute Gasteiger partial charge is 0.467 e. The molecule has 7 heteroatoms. The van der Waals surface area contributed by atoms with Crippen molar-refractivity contribution in [1.29, 1.82) is 0 Å². The molecule has 0 saturated heterocycles. The molecule has 29 heavy (non-hydrogen) atoms. The second-order valence-electron chi connectivity index (χ2n) is 7.99. The second-order valence-corrected chi connectivity index (χ2v) is 7.99. The molecule has 0 spiro atoms. The molecular formula is C22H32N2O5. The van der Waals surface area contributed by atoms with E-state index in [0.29, 0.717) is 6.42 Å². The van der Waals surface area contributed by atoms with Crippen LogP contribution in [0.15, 0.2) is 24.3 Å². The Morgan fingerprint density at radius 3 is 1.79 bits per heavy atom. The summed E-state index contributed by atoms with van der Waals surface area (Å²) in [6, 6.07) is 4.87. The Bertz CT molecular complexity index is 730. The van der Waals surface area contributed by atoms with Gasteiger partial charge in [0.25, 0.3) is 11.8 Å². The molecule has 0 aromatic heterocycles. The molecule has 0 bridgehead atoms.